The average Bonchev–Trinajstić information content (AvgIpc) is 2.49. The number of halogens is 1. The number of nitrogens with one attached hydrogen (secondary N) is 1. The fourth-order valence-electron chi connectivity index (χ4n) is 2.60. The first kappa shape index (κ1) is 13.3. The first-order valence-corrected chi connectivity index (χ1v) is 6.97. The van der Waals surface area contributed by atoms with Gasteiger partial charge in [0.2, 0.25) is 0 Å². The molecule has 0 aliphatic carbocycles. The van der Waals surface area contributed by atoms with Gasteiger partial charge in [-0.3, -0.25) is 0 Å². The van der Waals surface area contributed by atoms with Gasteiger partial charge in [-0.25, -0.2) is 4.39 Å². The van der Waals surface area contributed by atoms with Crippen LogP contribution in [0.4, 0.5) is 4.39 Å². The first-order valence-electron chi connectivity index (χ1n) is 6.97. The maximum Gasteiger partial charge on any atom is 0.123 e. The average molecular weight is 271 g/mol. The van der Waals surface area contributed by atoms with Crippen molar-refractivity contribution in [3.8, 4) is 0 Å². The summed E-state index contributed by atoms with van der Waals surface area (Å²) >= 11 is 0. The minimum atomic E-state index is -0.196. The van der Waals surface area contributed by atoms with Crippen molar-refractivity contribution in [1.29, 1.82) is 0 Å². The lowest BCUT2D eigenvalue weighted by Gasteiger charge is -2.26. The molecule has 1 atom stereocenters. The molecule has 1 aliphatic heterocycles. The Morgan fingerprint density at radius 3 is 2.75 bits per heavy atom. The maximum atomic E-state index is 12.8. The van der Waals surface area contributed by atoms with E-state index >= 15 is 0 Å². The van der Waals surface area contributed by atoms with Gasteiger partial charge in [-0.1, -0.05) is 36.4 Å². The largest absolute Gasteiger partial charge is 0.372 e. The summed E-state index contributed by atoms with van der Waals surface area (Å²) in [6, 6.07) is 15.0. The van der Waals surface area contributed by atoms with Crippen molar-refractivity contribution < 1.29 is 9.13 Å². The maximum absolute atomic E-state index is 12.8. The fraction of sp³-hybridized carbons (Fsp3) is 0.294. The molecule has 1 unspecified atom stereocenters. The molecule has 3 heteroatoms. The van der Waals surface area contributed by atoms with E-state index in [2.05, 4.69) is 29.6 Å². The van der Waals surface area contributed by atoms with E-state index in [1.807, 2.05) is 0 Å². The zero-order valence-electron chi connectivity index (χ0n) is 11.3. The third kappa shape index (κ3) is 3.06. The van der Waals surface area contributed by atoms with E-state index in [1.165, 1.54) is 23.3 Å². The van der Waals surface area contributed by atoms with Gasteiger partial charge in [0.05, 0.1) is 12.7 Å². The van der Waals surface area contributed by atoms with Gasteiger partial charge in [0.15, 0.2) is 0 Å². The van der Waals surface area contributed by atoms with E-state index in [-0.39, 0.29) is 11.9 Å². The van der Waals surface area contributed by atoms with Gasteiger partial charge in [0.1, 0.15) is 5.82 Å². The highest BCUT2D eigenvalue weighted by Gasteiger charge is 2.19. The van der Waals surface area contributed by atoms with Gasteiger partial charge in [-0.05, 0) is 35.2 Å². The molecular formula is C17H18FNO. The van der Waals surface area contributed by atoms with Crippen molar-refractivity contribution in [3.05, 3.63) is 71.0 Å². The van der Waals surface area contributed by atoms with Crippen molar-refractivity contribution in [2.75, 3.05) is 13.2 Å². The van der Waals surface area contributed by atoms with Crippen LogP contribution in [0.1, 0.15) is 22.8 Å². The fourth-order valence-corrected chi connectivity index (χ4v) is 2.60. The molecule has 2 aromatic rings. The van der Waals surface area contributed by atoms with Gasteiger partial charge >= 0.3 is 0 Å². The second-order valence-electron chi connectivity index (χ2n) is 5.07. The molecular weight excluding hydrogens is 253 g/mol. The Balaban J connectivity index is 1.58. The van der Waals surface area contributed by atoms with Crippen molar-refractivity contribution in [2.24, 2.45) is 0 Å². The Labute approximate surface area is 118 Å². The molecule has 0 aromatic heterocycles. The quantitative estimate of drug-likeness (QED) is 0.922. The molecule has 2 aromatic carbocycles. The summed E-state index contributed by atoms with van der Waals surface area (Å²) in [6.07, 6.45) is 1.10. The third-order valence-corrected chi connectivity index (χ3v) is 3.66. The molecule has 0 bridgehead atoms. The van der Waals surface area contributed by atoms with Crippen molar-refractivity contribution in [1.82, 2.24) is 5.32 Å². The summed E-state index contributed by atoms with van der Waals surface area (Å²) in [7, 11) is 0. The van der Waals surface area contributed by atoms with Crippen LogP contribution in [0.25, 0.3) is 0 Å². The monoisotopic (exact) mass is 271 g/mol. The van der Waals surface area contributed by atoms with Crippen LogP contribution in [-0.4, -0.2) is 13.2 Å². The van der Waals surface area contributed by atoms with Gasteiger partial charge in [0.25, 0.3) is 0 Å². The van der Waals surface area contributed by atoms with Crippen LogP contribution in [0.3, 0.4) is 0 Å². The number of hydrogen-bond donors (Lipinski definition) is 1. The van der Waals surface area contributed by atoms with Crippen LogP contribution in [0.15, 0.2) is 48.5 Å². The van der Waals surface area contributed by atoms with E-state index in [9.17, 15) is 4.39 Å². The van der Waals surface area contributed by atoms with Crippen LogP contribution in [0, 0.1) is 5.82 Å². The normalized spacial score (nSPS) is 17.8. The van der Waals surface area contributed by atoms with E-state index < -0.39 is 0 Å². The first-order chi connectivity index (χ1) is 9.83. The smallest absolute Gasteiger partial charge is 0.123 e. The zero-order chi connectivity index (χ0) is 13.8. The third-order valence-electron chi connectivity index (χ3n) is 3.66. The highest BCUT2D eigenvalue weighted by molar-refractivity contribution is 5.31. The molecule has 0 fully saturated rings. The minimum absolute atomic E-state index is 0.111. The molecule has 0 saturated carbocycles. The van der Waals surface area contributed by atoms with Gasteiger partial charge in [-0.2, -0.15) is 0 Å². The van der Waals surface area contributed by atoms with Crippen LogP contribution in [0.5, 0.6) is 0 Å². The van der Waals surface area contributed by atoms with E-state index in [0.29, 0.717) is 0 Å². The van der Waals surface area contributed by atoms with Crippen molar-refractivity contribution in [3.63, 3.8) is 0 Å². The second kappa shape index (κ2) is 6.16. The summed E-state index contributed by atoms with van der Waals surface area (Å²) in [5.41, 5.74) is 3.74. The molecule has 1 heterocycles. The molecule has 3 rings (SSSR count). The lowest BCUT2D eigenvalue weighted by molar-refractivity contribution is 0.0423. The van der Waals surface area contributed by atoms with E-state index in [0.717, 1.165) is 31.7 Å². The van der Waals surface area contributed by atoms with Crippen LogP contribution < -0.4 is 5.32 Å². The zero-order valence-corrected chi connectivity index (χ0v) is 11.3. The van der Waals surface area contributed by atoms with Crippen LogP contribution in [-0.2, 0) is 17.7 Å². The minimum Gasteiger partial charge on any atom is -0.372 e. The Morgan fingerprint density at radius 1 is 1.10 bits per heavy atom. The second-order valence-corrected chi connectivity index (χ2v) is 5.07. The molecule has 2 nitrogen and oxygen atoms in total. The molecule has 1 aliphatic rings. The van der Waals surface area contributed by atoms with Crippen molar-refractivity contribution >= 4 is 0 Å². The molecule has 0 spiro atoms. The Hall–Kier alpha value is -1.71. The highest BCUT2D eigenvalue weighted by atomic mass is 19.1. The highest BCUT2D eigenvalue weighted by Crippen LogP contribution is 2.26. The summed E-state index contributed by atoms with van der Waals surface area (Å²) in [5.74, 6) is -0.196. The van der Waals surface area contributed by atoms with Gasteiger partial charge in [-0.15, -0.1) is 0 Å². The van der Waals surface area contributed by atoms with E-state index in [1.54, 1.807) is 12.1 Å². The number of rotatable bonds is 4. The number of ether oxygens (including phenoxy) is 1. The van der Waals surface area contributed by atoms with Gasteiger partial charge < -0.3 is 10.1 Å². The number of benzene rings is 2. The SMILES string of the molecule is Fc1ccc(CNCC2OCCc3ccccc32)cc1. The molecule has 0 saturated heterocycles. The molecule has 0 radical (unpaired) electrons. The molecule has 0 amide bonds. The van der Waals surface area contributed by atoms with Crippen LogP contribution >= 0.6 is 0 Å². The topological polar surface area (TPSA) is 21.3 Å². The Morgan fingerprint density at radius 2 is 1.90 bits per heavy atom. The van der Waals surface area contributed by atoms with Crippen LogP contribution in [0.2, 0.25) is 0 Å². The standard InChI is InChI=1S/C17H18FNO/c18-15-7-5-13(6-8-15)11-19-12-17-16-4-2-1-3-14(16)9-10-20-17/h1-8,17,19H,9-12H2. The summed E-state index contributed by atoms with van der Waals surface area (Å²) in [4.78, 5) is 0. The number of fused-ring (bicyclic) bond motifs is 1. The van der Waals surface area contributed by atoms with Gasteiger partial charge in [0, 0.05) is 13.1 Å². The Kier molecular flexibility index (Phi) is 4.09. The Bertz CT molecular complexity index is 567. The summed E-state index contributed by atoms with van der Waals surface area (Å²) in [6.45, 7) is 2.27. The molecule has 104 valence electrons. The predicted molar refractivity (Wildman–Crippen MR) is 76.9 cm³/mol. The lowest BCUT2D eigenvalue weighted by Crippen LogP contribution is -2.27. The predicted octanol–water partition coefficient (Wildman–Crippen LogP) is 3.23. The van der Waals surface area contributed by atoms with Crippen molar-refractivity contribution in [2.45, 2.75) is 19.1 Å². The molecule has 20 heavy (non-hydrogen) atoms. The summed E-state index contributed by atoms with van der Waals surface area (Å²) < 4.78 is 18.7. The number of hydrogen-bond acceptors (Lipinski definition) is 2. The van der Waals surface area contributed by atoms with E-state index in [4.69, 9.17) is 4.74 Å². The molecule has 1 N–H and O–H groups in total. The lowest BCUT2D eigenvalue weighted by atomic mass is 9.97. The summed E-state index contributed by atoms with van der Waals surface area (Å²) in [5, 5.41) is 3.38.